The minimum Gasteiger partial charge on any atom is -0.267 e. The van der Waals surface area contributed by atoms with Crippen molar-refractivity contribution in [2.75, 3.05) is 0 Å². The summed E-state index contributed by atoms with van der Waals surface area (Å²) in [4.78, 5) is 43.8. The number of carbonyl (C=O) groups excluding carboxylic acids is 2. The van der Waals surface area contributed by atoms with E-state index in [2.05, 4.69) is 5.43 Å². The van der Waals surface area contributed by atoms with Gasteiger partial charge in [0.1, 0.15) is 0 Å². The van der Waals surface area contributed by atoms with Crippen LogP contribution in [-0.2, 0) is 0 Å². The van der Waals surface area contributed by atoms with Gasteiger partial charge < -0.3 is 0 Å². The summed E-state index contributed by atoms with van der Waals surface area (Å²) in [5.74, 6) is -1.64. The minimum atomic E-state index is -0.956. The summed E-state index contributed by atoms with van der Waals surface area (Å²) < 4.78 is 0. The van der Waals surface area contributed by atoms with E-state index >= 15 is 0 Å². The number of nitro benzene ring substituents is 2. The first-order valence-corrected chi connectivity index (χ1v) is 6.96. The first-order chi connectivity index (χ1) is 11.8. The number of hydrazine groups is 1. The second-order valence-corrected chi connectivity index (χ2v) is 5.11. The normalized spacial score (nSPS) is 9.96. The van der Waals surface area contributed by atoms with Crippen molar-refractivity contribution in [3.63, 3.8) is 0 Å². The van der Waals surface area contributed by atoms with Crippen LogP contribution in [0.2, 0.25) is 5.02 Å². The molecule has 11 heteroatoms. The Labute approximate surface area is 144 Å². The van der Waals surface area contributed by atoms with Crippen LogP contribution < -0.4 is 10.9 Å². The van der Waals surface area contributed by atoms with E-state index in [4.69, 9.17) is 11.6 Å². The van der Waals surface area contributed by atoms with Gasteiger partial charge in [0.05, 0.1) is 21.5 Å². The lowest BCUT2D eigenvalue weighted by atomic mass is 10.1. The third-order valence-electron chi connectivity index (χ3n) is 2.96. The molecule has 128 valence electrons. The Morgan fingerprint density at radius 1 is 0.840 bits per heavy atom. The molecule has 0 aromatic heterocycles. The van der Waals surface area contributed by atoms with Gasteiger partial charge in [0.15, 0.2) is 0 Å². The van der Waals surface area contributed by atoms with Crippen molar-refractivity contribution < 1.29 is 19.4 Å². The molecule has 2 amide bonds. The molecule has 0 fully saturated rings. The maximum Gasteiger partial charge on any atom is 0.277 e. The van der Waals surface area contributed by atoms with E-state index in [0.717, 1.165) is 18.2 Å². The van der Waals surface area contributed by atoms with Gasteiger partial charge in [-0.05, 0) is 18.2 Å². The fourth-order valence-electron chi connectivity index (χ4n) is 1.82. The van der Waals surface area contributed by atoms with Crippen LogP contribution in [0.5, 0.6) is 0 Å². The van der Waals surface area contributed by atoms with Gasteiger partial charge in [-0.1, -0.05) is 17.7 Å². The summed E-state index contributed by atoms with van der Waals surface area (Å²) in [5, 5.41) is 21.9. The van der Waals surface area contributed by atoms with Gasteiger partial charge in [-0.25, -0.2) is 0 Å². The Bertz CT molecular complexity index is 853. The van der Waals surface area contributed by atoms with E-state index < -0.39 is 33.0 Å². The van der Waals surface area contributed by atoms with Crippen molar-refractivity contribution in [1.82, 2.24) is 10.9 Å². The maximum absolute atomic E-state index is 12.0. The van der Waals surface area contributed by atoms with Crippen LogP contribution >= 0.6 is 11.6 Å². The number of nitro groups is 2. The molecule has 0 spiro atoms. The zero-order valence-corrected chi connectivity index (χ0v) is 13.0. The molecule has 25 heavy (non-hydrogen) atoms. The molecule has 0 atom stereocenters. The molecule has 2 rings (SSSR count). The monoisotopic (exact) mass is 364 g/mol. The fraction of sp³-hybridized carbons (Fsp3) is 0. The molecule has 2 N–H and O–H groups in total. The standard InChI is InChI=1S/C14H9ClN4O6/c15-10-3-1-2-8(4-10)13(20)16-17-14(21)9-5-11(18(22)23)7-12(6-9)19(24)25/h1-7H,(H,16,20)(H,17,21). The van der Waals surface area contributed by atoms with Gasteiger partial charge in [0, 0.05) is 22.7 Å². The second kappa shape index (κ2) is 7.36. The SMILES string of the molecule is O=C(NNC(=O)c1cc([N+](=O)[O-])cc([N+](=O)[O-])c1)c1cccc(Cl)c1. The van der Waals surface area contributed by atoms with E-state index in [-0.39, 0.29) is 11.1 Å². The number of amides is 2. The quantitative estimate of drug-likeness (QED) is 0.628. The smallest absolute Gasteiger partial charge is 0.267 e. The van der Waals surface area contributed by atoms with Crippen LogP contribution in [-0.4, -0.2) is 21.7 Å². The lowest BCUT2D eigenvalue weighted by Crippen LogP contribution is -2.41. The summed E-state index contributed by atoms with van der Waals surface area (Å²) in [5.41, 5.74) is 2.67. The molecule has 0 bridgehead atoms. The van der Waals surface area contributed by atoms with Crippen molar-refractivity contribution in [3.8, 4) is 0 Å². The van der Waals surface area contributed by atoms with Crippen LogP contribution in [0.1, 0.15) is 20.7 Å². The predicted octanol–water partition coefficient (Wildman–Crippen LogP) is 2.23. The summed E-state index contributed by atoms with van der Waals surface area (Å²) in [6.07, 6.45) is 0. The minimum absolute atomic E-state index is 0.165. The number of nitrogens with zero attached hydrogens (tertiary/aromatic N) is 2. The molecule has 0 saturated heterocycles. The number of non-ortho nitro benzene ring substituents is 2. The molecule has 2 aromatic rings. The summed E-state index contributed by atoms with van der Waals surface area (Å²) >= 11 is 5.75. The first-order valence-electron chi connectivity index (χ1n) is 6.58. The van der Waals surface area contributed by atoms with Crippen molar-refractivity contribution in [2.24, 2.45) is 0 Å². The third-order valence-corrected chi connectivity index (χ3v) is 3.20. The summed E-state index contributed by atoms with van der Waals surface area (Å²) in [7, 11) is 0. The maximum atomic E-state index is 12.0. The van der Waals surface area contributed by atoms with E-state index in [1.54, 1.807) is 6.07 Å². The lowest BCUT2D eigenvalue weighted by Gasteiger charge is -2.07. The number of hydrogen-bond acceptors (Lipinski definition) is 6. The molecular weight excluding hydrogens is 356 g/mol. The number of nitrogens with one attached hydrogen (secondary N) is 2. The molecule has 0 radical (unpaired) electrons. The van der Waals surface area contributed by atoms with Gasteiger partial charge in [-0.3, -0.25) is 40.7 Å². The van der Waals surface area contributed by atoms with Gasteiger partial charge in [-0.2, -0.15) is 0 Å². The van der Waals surface area contributed by atoms with Crippen molar-refractivity contribution in [3.05, 3.63) is 78.8 Å². The molecule has 0 aliphatic carbocycles. The molecule has 10 nitrogen and oxygen atoms in total. The van der Waals surface area contributed by atoms with Gasteiger partial charge >= 0.3 is 0 Å². The molecule has 0 heterocycles. The molecule has 2 aromatic carbocycles. The fourth-order valence-corrected chi connectivity index (χ4v) is 2.01. The van der Waals surface area contributed by atoms with E-state index in [1.165, 1.54) is 18.2 Å². The topological polar surface area (TPSA) is 144 Å². The highest BCUT2D eigenvalue weighted by atomic mass is 35.5. The van der Waals surface area contributed by atoms with Crippen molar-refractivity contribution >= 4 is 34.8 Å². The average molecular weight is 365 g/mol. The highest BCUT2D eigenvalue weighted by Crippen LogP contribution is 2.22. The highest BCUT2D eigenvalue weighted by molar-refractivity contribution is 6.30. The van der Waals surface area contributed by atoms with Crippen molar-refractivity contribution in [2.45, 2.75) is 0 Å². The van der Waals surface area contributed by atoms with E-state index in [9.17, 15) is 29.8 Å². The van der Waals surface area contributed by atoms with E-state index in [0.29, 0.717) is 5.02 Å². The average Bonchev–Trinajstić information content (AvgIpc) is 2.58. The molecule has 0 aliphatic rings. The second-order valence-electron chi connectivity index (χ2n) is 4.67. The Kier molecular flexibility index (Phi) is 5.25. The first kappa shape index (κ1) is 17.8. The number of benzene rings is 2. The van der Waals surface area contributed by atoms with Gasteiger partial charge in [-0.15, -0.1) is 0 Å². The van der Waals surface area contributed by atoms with Gasteiger partial charge in [0.2, 0.25) is 0 Å². The number of hydrogen-bond donors (Lipinski definition) is 2. The van der Waals surface area contributed by atoms with Crippen LogP contribution in [0.25, 0.3) is 0 Å². The predicted molar refractivity (Wildman–Crippen MR) is 86.1 cm³/mol. The highest BCUT2D eigenvalue weighted by Gasteiger charge is 2.20. The number of halogens is 1. The molecule has 0 unspecified atom stereocenters. The molecular formula is C14H9ClN4O6. The van der Waals surface area contributed by atoms with Crippen LogP contribution in [0.15, 0.2) is 42.5 Å². The van der Waals surface area contributed by atoms with Crippen LogP contribution in [0.4, 0.5) is 11.4 Å². The zero-order valence-electron chi connectivity index (χ0n) is 12.3. The third kappa shape index (κ3) is 4.48. The Balaban J connectivity index is 2.16. The largest absolute Gasteiger partial charge is 0.277 e. The van der Waals surface area contributed by atoms with Gasteiger partial charge in [0.25, 0.3) is 23.2 Å². The number of rotatable bonds is 4. The summed E-state index contributed by atoms with van der Waals surface area (Å²) in [6.45, 7) is 0. The van der Waals surface area contributed by atoms with E-state index in [1.807, 2.05) is 5.43 Å². The van der Waals surface area contributed by atoms with Crippen LogP contribution in [0, 0.1) is 20.2 Å². The van der Waals surface area contributed by atoms with Crippen molar-refractivity contribution in [1.29, 1.82) is 0 Å². The molecule has 0 aliphatic heterocycles. The Morgan fingerprint density at radius 2 is 1.36 bits per heavy atom. The Hall–Kier alpha value is -3.53. The van der Waals surface area contributed by atoms with Crippen LogP contribution in [0.3, 0.4) is 0 Å². The zero-order chi connectivity index (χ0) is 18.6. The number of carbonyl (C=O) groups is 2. The summed E-state index contributed by atoms with van der Waals surface area (Å²) in [6, 6.07) is 8.33. The Morgan fingerprint density at radius 3 is 1.84 bits per heavy atom. The molecule has 0 saturated carbocycles. The lowest BCUT2D eigenvalue weighted by molar-refractivity contribution is -0.394.